The number of aryl methyl sites for hydroxylation is 1. The van der Waals surface area contributed by atoms with E-state index in [1.165, 1.54) is 11.3 Å². The summed E-state index contributed by atoms with van der Waals surface area (Å²) in [6.07, 6.45) is 0.598. The molecule has 19 heavy (non-hydrogen) atoms. The minimum atomic E-state index is -0.793. The predicted molar refractivity (Wildman–Crippen MR) is 76.8 cm³/mol. The lowest BCUT2D eigenvalue weighted by Crippen LogP contribution is -2.30. The van der Waals surface area contributed by atoms with E-state index in [2.05, 4.69) is 24.1 Å². The second kappa shape index (κ2) is 8.12. The molecule has 0 spiro atoms. The van der Waals surface area contributed by atoms with Gasteiger partial charge in [0.25, 0.3) is 0 Å². The van der Waals surface area contributed by atoms with Crippen molar-refractivity contribution in [3.8, 4) is 0 Å². The molecule has 6 heteroatoms. The van der Waals surface area contributed by atoms with Crippen LogP contribution in [0.15, 0.2) is 5.38 Å². The van der Waals surface area contributed by atoms with Crippen LogP contribution in [-0.4, -0.2) is 35.3 Å². The summed E-state index contributed by atoms with van der Waals surface area (Å²) in [7, 11) is 0. The Morgan fingerprint density at radius 1 is 1.58 bits per heavy atom. The van der Waals surface area contributed by atoms with E-state index in [0.29, 0.717) is 25.6 Å². The average molecular weight is 286 g/mol. The zero-order valence-corrected chi connectivity index (χ0v) is 12.5. The minimum absolute atomic E-state index is 0.121. The quantitative estimate of drug-likeness (QED) is 0.730. The first-order chi connectivity index (χ1) is 9.02. The number of anilines is 1. The van der Waals surface area contributed by atoms with Crippen LogP contribution in [0.25, 0.3) is 0 Å². The van der Waals surface area contributed by atoms with Gasteiger partial charge in [0.1, 0.15) is 0 Å². The molecule has 1 unspecified atom stereocenters. The highest BCUT2D eigenvalue weighted by Gasteiger charge is 2.15. The SMILES string of the molecule is CCOCC(Nc1nc(CCC(=O)O)cs1)C(C)C. The highest BCUT2D eigenvalue weighted by Crippen LogP contribution is 2.19. The first-order valence-corrected chi connectivity index (χ1v) is 7.41. The molecule has 2 N–H and O–H groups in total. The van der Waals surface area contributed by atoms with Crippen molar-refractivity contribution < 1.29 is 14.6 Å². The Kier molecular flexibility index (Phi) is 6.80. The van der Waals surface area contributed by atoms with Gasteiger partial charge in [-0.15, -0.1) is 11.3 Å². The van der Waals surface area contributed by atoms with Crippen molar-refractivity contribution in [2.24, 2.45) is 5.92 Å². The van der Waals surface area contributed by atoms with Crippen molar-refractivity contribution in [3.63, 3.8) is 0 Å². The normalized spacial score (nSPS) is 12.6. The average Bonchev–Trinajstić information content (AvgIpc) is 2.79. The van der Waals surface area contributed by atoms with Gasteiger partial charge in [-0.2, -0.15) is 0 Å². The Morgan fingerprint density at radius 3 is 2.89 bits per heavy atom. The Bertz CT molecular complexity index is 393. The number of carbonyl (C=O) groups is 1. The van der Waals surface area contributed by atoms with Crippen LogP contribution in [-0.2, 0) is 16.0 Å². The molecular formula is C13H22N2O3S. The fourth-order valence-electron chi connectivity index (χ4n) is 1.53. The molecule has 1 aromatic heterocycles. The zero-order valence-electron chi connectivity index (χ0n) is 11.7. The van der Waals surface area contributed by atoms with Crippen LogP contribution in [0.5, 0.6) is 0 Å². The Hall–Kier alpha value is -1.14. The van der Waals surface area contributed by atoms with E-state index < -0.39 is 5.97 Å². The van der Waals surface area contributed by atoms with Crippen molar-refractivity contribution >= 4 is 22.4 Å². The number of nitrogens with one attached hydrogen (secondary N) is 1. The lowest BCUT2D eigenvalue weighted by atomic mass is 10.1. The Morgan fingerprint density at radius 2 is 2.32 bits per heavy atom. The van der Waals surface area contributed by atoms with Gasteiger partial charge >= 0.3 is 5.97 Å². The van der Waals surface area contributed by atoms with E-state index in [1.807, 2.05) is 12.3 Å². The predicted octanol–water partition coefficient (Wildman–Crippen LogP) is 2.63. The zero-order chi connectivity index (χ0) is 14.3. The summed E-state index contributed by atoms with van der Waals surface area (Å²) in [5.41, 5.74) is 0.828. The second-order valence-corrected chi connectivity index (χ2v) is 5.55. The van der Waals surface area contributed by atoms with Crippen molar-refractivity contribution in [1.82, 2.24) is 4.98 Å². The summed E-state index contributed by atoms with van der Waals surface area (Å²) in [5, 5.41) is 14.7. The van der Waals surface area contributed by atoms with Gasteiger partial charge < -0.3 is 15.2 Å². The van der Waals surface area contributed by atoms with E-state index in [-0.39, 0.29) is 12.5 Å². The van der Waals surface area contributed by atoms with E-state index >= 15 is 0 Å². The lowest BCUT2D eigenvalue weighted by molar-refractivity contribution is -0.136. The molecule has 108 valence electrons. The fraction of sp³-hybridized carbons (Fsp3) is 0.692. The summed E-state index contributed by atoms with van der Waals surface area (Å²) in [5.74, 6) is -0.350. The van der Waals surface area contributed by atoms with Crippen molar-refractivity contribution in [2.45, 2.75) is 39.7 Å². The number of hydrogen-bond acceptors (Lipinski definition) is 5. The highest BCUT2D eigenvalue weighted by molar-refractivity contribution is 7.13. The first-order valence-electron chi connectivity index (χ1n) is 6.53. The molecule has 0 aliphatic heterocycles. The Balaban J connectivity index is 2.52. The van der Waals surface area contributed by atoms with Gasteiger partial charge in [-0.25, -0.2) is 4.98 Å². The second-order valence-electron chi connectivity index (χ2n) is 4.69. The topological polar surface area (TPSA) is 71.5 Å². The molecule has 1 atom stereocenters. The van der Waals surface area contributed by atoms with Gasteiger partial charge in [0.15, 0.2) is 5.13 Å². The molecule has 0 aliphatic carbocycles. The van der Waals surface area contributed by atoms with Crippen LogP contribution in [0.2, 0.25) is 0 Å². The molecule has 0 saturated carbocycles. The number of ether oxygens (including phenoxy) is 1. The van der Waals surface area contributed by atoms with Gasteiger partial charge in [0, 0.05) is 18.4 Å². The van der Waals surface area contributed by atoms with Crippen LogP contribution >= 0.6 is 11.3 Å². The number of hydrogen-bond donors (Lipinski definition) is 2. The minimum Gasteiger partial charge on any atom is -0.481 e. The van der Waals surface area contributed by atoms with Gasteiger partial charge in [-0.3, -0.25) is 4.79 Å². The van der Waals surface area contributed by atoms with Crippen LogP contribution < -0.4 is 5.32 Å². The molecule has 1 heterocycles. The molecule has 0 fully saturated rings. The molecule has 5 nitrogen and oxygen atoms in total. The molecular weight excluding hydrogens is 264 g/mol. The molecule has 0 saturated heterocycles. The van der Waals surface area contributed by atoms with Crippen LogP contribution in [0.1, 0.15) is 32.9 Å². The third-order valence-corrected chi connectivity index (χ3v) is 3.58. The van der Waals surface area contributed by atoms with Crippen molar-refractivity contribution in [2.75, 3.05) is 18.5 Å². The van der Waals surface area contributed by atoms with E-state index in [9.17, 15) is 4.79 Å². The molecule has 1 aromatic rings. The fourth-order valence-corrected chi connectivity index (χ4v) is 2.33. The third-order valence-electron chi connectivity index (χ3n) is 2.76. The number of nitrogens with zero attached hydrogens (tertiary/aromatic N) is 1. The first kappa shape index (κ1) is 15.9. The summed E-state index contributed by atoms with van der Waals surface area (Å²) >= 11 is 1.51. The molecule has 0 bridgehead atoms. The maximum absolute atomic E-state index is 10.5. The van der Waals surface area contributed by atoms with Gasteiger partial charge in [0.2, 0.25) is 0 Å². The van der Waals surface area contributed by atoms with Crippen LogP contribution in [0.3, 0.4) is 0 Å². The van der Waals surface area contributed by atoms with Gasteiger partial charge in [-0.1, -0.05) is 13.8 Å². The third kappa shape index (κ3) is 6.02. The number of rotatable bonds is 9. The Labute approximate surface area is 118 Å². The number of thiazole rings is 1. The molecule has 0 radical (unpaired) electrons. The maximum Gasteiger partial charge on any atom is 0.303 e. The number of carboxylic acids is 1. The van der Waals surface area contributed by atoms with Gasteiger partial charge in [0.05, 0.1) is 24.8 Å². The van der Waals surface area contributed by atoms with Crippen molar-refractivity contribution in [1.29, 1.82) is 0 Å². The molecule has 0 aromatic carbocycles. The summed E-state index contributed by atoms with van der Waals surface area (Å²) < 4.78 is 5.45. The smallest absolute Gasteiger partial charge is 0.303 e. The monoisotopic (exact) mass is 286 g/mol. The standard InChI is InChI=1S/C13H22N2O3S/c1-4-18-7-11(9(2)3)15-13-14-10(8-19-13)5-6-12(16)17/h8-9,11H,4-7H2,1-3H3,(H,14,15)(H,16,17). The van der Waals surface area contributed by atoms with Gasteiger partial charge in [-0.05, 0) is 12.8 Å². The maximum atomic E-state index is 10.5. The molecule has 0 amide bonds. The summed E-state index contributed by atoms with van der Waals surface area (Å²) in [6.45, 7) is 7.60. The largest absolute Gasteiger partial charge is 0.481 e. The summed E-state index contributed by atoms with van der Waals surface area (Å²) in [6, 6.07) is 0.221. The van der Waals surface area contributed by atoms with E-state index in [0.717, 1.165) is 10.8 Å². The number of aliphatic carboxylic acids is 1. The number of aromatic nitrogens is 1. The highest BCUT2D eigenvalue weighted by atomic mass is 32.1. The van der Waals surface area contributed by atoms with E-state index in [4.69, 9.17) is 9.84 Å². The van der Waals surface area contributed by atoms with Crippen LogP contribution in [0, 0.1) is 5.92 Å². The summed E-state index contributed by atoms with van der Waals surface area (Å²) in [4.78, 5) is 14.9. The molecule has 1 rings (SSSR count). The van der Waals surface area contributed by atoms with Crippen molar-refractivity contribution in [3.05, 3.63) is 11.1 Å². The molecule has 0 aliphatic rings. The number of carboxylic acid groups (broad SMARTS) is 1. The lowest BCUT2D eigenvalue weighted by Gasteiger charge is -2.21. The van der Waals surface area contributed by atoms with E-state index in [1.54, 1.807) is 0 Å². The van der Waals surface area contributed by atoms with Crippen LogP contribution in [0.4, 0.5) is 5.13 Å².